The molecule has 0 fully saturated rings. The zero-order valence-electron chi connectivity index (χ0n) is 14.0. The smallest absolute Gasteiger partial charge is 0.271 e. The van der Waals surface area contributed by atoms with Crippen molar-refractivity contribution in [2.75, 3.05) is 14.2 Å². The number of benzene rings is 2. The van der Waals surface area contributed by atoms with Crippen molar-refractivity contribution < 1.29 is 19.2 Å². The van der Waals surface area contributed by atoms with E-state index in [1.807, 2.05) is 0 Å². The summed E-state index contributed by atoms with van der Waals surface area (Å²) in [5.74, 6) is 0.732. The fourth-order valence-corrected chi connectivity index (χ4v) is 2.09. The lowest BCUT2D eigenvalue weighted by molar-refractivity contribution is -0.384. The molecular formula is C17H17N3O5. The van der Waals surface area contributed by atoms with Crippen LogP contribution in [0.15, 0.2) is 47.6 Å². The molecular weight excluding hydrogens is 326 g/mol. The second-order valence-electron chi connectivity index (χ2n) is 5.01. The maximum Gasteiger partial charge on any atom is 0.271 e. The highest BCUT2D eigenvalue weighted by Gasteiger charge is 2.11. The summed E-state index contributed by atoms with van der Waals surface area (Å²) < 4.78 is 10.4. The van der Waals surface area contributed by atoms with Crippen LogP contribution in [-0.2, 0) is 0 Å². The SMILES string of the molecule is COc1ccc(/C(C)=N/NC(=O)c2ccc([N+](=O)[O-])cc2)c(OC)c1. The number of nitrogens with one attached hydrogen (secondary N) is 1. The summed E-state index contributed by atoms with van der Waals surface area (Å²) in [4.78, 5) is 22.2. The molecule has 0 aliphatic heterocycles. The minimum atomic E-state index is -0.528. The number of ether oxygens (including phenoxy) is 2. The molecule has 25 heavy (non-hydrogen) atoms. The predicted octanol–water partition coefficient (Wildman–Crippen LogP) is 2.77. The van der Waals surface area contributed by atoms with E-state index in [0.717, 1.165) is 0 Å². The van der Waals surface area contributed by atoms with Crippen molar-refractivity contribution in [3.63, 3.8) is 0 Å². The highest BCUT2D eigenvalue weighted by atomic mass is 16.6. The van der Waals surface area contributed by atoms with E-state index in [-0.39, 0.29) is 11.3 Å². The zero-order chi connectivity index (χ0) is 18.4. The van der Waals surface area contributed by atoms with Gasteiger partial charge in [0.05, 0.1) is 24.9 Å². The van der Waals surface area contributed by atoms with Crippen LogP contribution in [0.3, 0.4) is 0 Å². The predicted molar refractivity (Wildman–Crippen MR) is 92.3 cm³/mol. The molecule has 0 aliphatic carbocycles. The van der Waals surface area contributed by atoms with Crippen molar-refractivity contribution in [3.8, 4) is 11.5 Å². The molecule has 2 aromatic rings. The third-order valence-corrected chi connectivity index (χ3v) is 3.46. The first-order chi connectivity index (χ1) is 12.0. The third kappa shape index (κ3) is 4.31. The molecule has 0 radical (unpaired) electrons. The highest BCUT2D eigenvalue weighted by Crippen LogP contribution is 2.25. The summed E-state index contributed by atoms with van der Waals surface area (Å²) in [6.07, 6.45) is 0. The number of nitro benzene ring substituents is 1. The molecule has 0 saturated heterocycles. The second-order valence-corrected chi connectivity index (χ2v) is 5.01. The fraction of sp³-hybridized carbons (Fsp3) is 0.176. The van der Waals surface area contributed by atoms with Crippen LogP contribution in [0.25, 0.3) is 0 Å². The average Bonchev–Trinajstić information content (AvgIpc) is 2.65. The summed E-state index contributed by atoms with van der Waals surface area (Å²) in [7, 11) is 3.08. The lowest BCUT2D eigenvalue weighted by atomic mass is 10.1. The van der Waals surface area contributed by atoms with Crippen molar-refractivity contribution in [2.24, 2.45) is 5.10 Å². The van der Waals surface area contributed by atoms with Gasteiger partial charge < -0.3 is 9.47 Å². The highest BCUT2D eigenvalue weighted by molar-refractivity contribution is 6.02. The minimum Gasteiger partial charge on any atom is -0.497 e. The van der Waals surface area contributed by atoms with E-state index >= 15 is 0 Å². The minimum absolute atomic E-state index is 0.0841. The standard InChI is InChI=1S/C17H17N3O5/c1-11(15-9-8-14(24-2)10-16(15)25-3)18-19-17(21)12-4-6-13(7-5-12)20(22)23/h4-10H,1-3H3,(H,19,21)/b18-11+. The Bertz CT molecular complexity index is 816. The van der Waals surface area contributed by atoms with Gasteiger partial charge in [-0.2, -0.15) is 5.10 Å². The number of amides is 1. The van der Waals surface area contributed by atoms with E-state index in [1.54, 1.807) is 32.2 Å². The Kier molecular flexibility index (Phi) is 5.67. The van der Waals surface area contributed by atoms with Gasteiger partial charge in [-0.25, -0.2) is 5.43 Å². The molecule has 0 aliphatic rings. The van der Waals surface area contributed by atoms with Crippen LogP contribution in [0.2, 0.25) is 0 Å². The third-order valence-electron chi connectivity index (χ3n) is 3.46. The van der Waals surface area contributed by atoms with Crippen LogP contribution in [-0.4, -0.2) is 30.8 Å². The van der Waals surface area contributed by atoms with E-state index in [9.17, 15) is 14.9 Å². The zero-order valence-corrected chi connectivity index (χ0v) is 14.0. The first-order valence-electron chi connectivity index (χ1n) is 7.27. The molecule has 0 atom stereocenters. The van der Waals surface area contributed by atoms with Gasteiger partial charge in [0.2, 0.25) is 0 Å². The number of nitro groups is 1. The van der Waals surface area contributed by atoms with E-state index in [0.29, 0.717) is 22.8 Å². The quantitative estimate of drug-likeness (QED) is 0.493. The lowest BCUT2D eigenvalue weighted by Gasteiger charge is -2.10. The van der Waals surface area contributed by atoms with Gasteiger partial charge in [0.25, 0.3) is 11.6 Å². The number of hydrazone groups is 1. The van der Waals surface area contributed by atoms with E-state index in [4.69, 9.17) is 9.47 Å². The molecule has 130 valence electrons. The topological polar surface area (TPSA) is 103 Å². The Morgan fingerprint density at radius 3 is 2.36 bits per heavy atom. The number of hydrogen-bond donors (Lipinski definition) is 1. The summed E-state index contributed by atoms with van der Waals surface area (Å²) >= 11 is 0. The van der Waals surface area contributed by atoms with Gasteiger partial charge in [-0.1, -0.05) is 0 Å². The van der Waals surface area contributed by atoms with Crippen molar-refractivity contribution in [3.05, 3.63) is 63.7 Å². The molecule has 0 unspecified atom stereocenters. The van der Waals surface area contributed by atoms with Gasteiger partial charge in [0.1, 0.15) is 11.5 Å². The first kappa shape index (κ1) is 17.9. The Hall–Kier alpha value is -3.42. The van der Waals surface area contributed by atoms with Crippen molar-refractivity contribution >= 4 is 17.3 Å². The molecule has 2 rings (SSSR count). The maximum absolute atomic E-state index is 12.1. The number of nitrogens with zero attached hydrogens (tertiary/aromatic N) is 2. The Labute approximate surface area is 144 Å². The monoisotopic (exact) mass is 343 g/mol. The fourth-order valence-electron chi connectivity index (χ4n) is 2.09. The number of carbonyl (C=O) groups is 1. The normalized spacial score (nSPS) is 10.9. The van der Waals surface area contributed by atoms with Gasteiger partial charge in [0.15, 0.2) is 0 Å². The van der Waals surface area contributed by atoms with Gasteiger partial charge in [-0.15, -0.1) is 0 Å². The summed E-state index contributed by atoms with van der Waals surface area (Å²) in [5.41, 5.74) is 3.84. The van der Waals surface area contributed by atoms with Gasteiger partial charge in [0, 0.05) is 29.3 Å². The van der Waals surface area contributed by atoms with E-state index < -0.39 is 10.8 Å². The molecule has 1 amide bonds. The first-order valence-corrected chi connectivity index (χ1v) is 7.27. The Balaban J connectivity index is 2.15. The molecule has 0 bridgehead atoms. The van der Waals surface area contributed by atoms with E-state index in [2.05, 4.69) is 10.5 Å². The van der Waals surface area contributed by atoms with Crippen molar-refractivity contribution in [2.45, 2.75) is 6.92 Å². The van der Waals surface area contributed by atoms with Crippen LogP contribution in [0.4, 0.5) is 5.69 Å². The molecule has 0 heterocycles. The summed E-state index contributed by atoms with van der Waals surface area (Å²) in [5, 5.41) is 14.7. The van der Waals surface area contributed by atoms with Crippen molar-refractivity contribution in [1.82, 2.24) is 5.43 Å². The number of rotatable bonds is 6. The summed E-state index contributed by atoms with van der Waals surface area (Å²) in [6.45, 7) is 1.72. The van der Waals surface area contributed by atoms with Crippen LogP contribution < -0.4 is 14.9 Å². The lowest BCUT2D eigenvalue weighted by Crippen LogP contribution is -2.19. The second kappa shape index (κ2) is 7.91. The van der Waals surface area contributed by atoms with Crippen LogP contribution in [0.1, 0.15) is 22.8 Å². The molecule has 8 heteroatoms. The van der Waals surface area contributed by atoms with Gasteiger partial charge in [-0.3, -0.25) is 14.9 Å². The molecule has 0 saturated carbocycles. The maximum atomic E-state index is 12.1. The van der Waals surface area contributed by atoms with Gasteiger partial charge >= 0.3 is 0 Å². The number of hydrogen-bond acceptors (Lipinski definition) is 6. The van der Waals surface area contributed by atoms with E-state index in [1.165, 1.54) is 31.4 Å². The average molecular weight is 343 g/mol. The molecule has 0 aromatic heterocycles. The number of methoxy groups -OCH3 is 2. The number of carbonyl (C=O) groups excluding carboxylic acids is 1. The molecule has 1 N–H and O–H groups in total. The van der Waals surface area contributed by atoms with Crippen LogP contribution in [0.5, 0.6) is 11.5 Å². The van der Waals surface area contributed by atoms with Gasteiger partial charge in [-0.05, 0) is 31.2 Å². The van der Waals surface area contributed by atoms with Crippen LogP contribution >= 0.6 is 0 Å². The molecule has 8 nitrogen and oxygen atoms in total. The molecule has 2 aromatic carbocycles. The Morgan fingerprint density at radius 2 is 1.80 bits per heavy atom. The molecule has 0 spiro atoms. The Morgan fingerprint density at radius 1 is 1.12 bits per heavy atom. The number of non-ortho nitro benzene ring substituents is 1. The van der Waals surface area contributed by atoms with Crippen LogP contribution in [0, 0.1) is 10.1 Å². The summed E-state index contributed by atoms with van der Waals surface area (Å²) in [6, 6.07) is 10.5. The van der Waals surface area contributed by atoms with Crippen molar-refractivity contribution in [1.29, 1.82) is 0 Å². The largest absolute Gasteiger partial charge is 0.497 e.